The van der Waals surface area contributed by atoms with E-state index >= 15 is 0 Å². The fourth-order valence-corrected chi connectivity index (χ4v) is 3.60. The first-order valence-electron chi connectivity index (χ1n) is 7.07. The minimum atomic E-state index is -0.776. The summed E-state index contributed by atoms with van der Waals surface area (Å²) in [5.41, 5.74) is 0.659. The number of carboxylic acid groups (broad SMARTS) is 1. The summed E-state index contributed by atoms with van der Waals surface area (Å²) in [6.07, 6.45) is 1.49. The molecule has 1 fully saturated rings. The topological polar surface area (TPSA) is 75.4 Å². The summed E-state index contributed by atoms with van der Waals surface area (Å²) >= 11 is 1.40. The maximum Gasteiger partial charge on any atom is 0.308 e. The number of fused-ring (bicyclic) bond motifs is 1. The number of anilines is 1. The molecule has 3 rings (SSSR count). The van der Waals surface area contributed by atoms with Gasteiger partial charge in [0, 0.05) is 19.6 Å². The number of piperidine rings is 1. The van der Waals surface area contributed by atoms with Crippen LogP contribution in [0.25, 0.3) is 10.2 Å². The fourth-order valence-electron chi connectivity index (χ4n) is 2.82. The lowest BCUT2D eigenvalue weighted by molar-refractivity contribution is -0.141. The van der Waals surface area contributed by atoms with Crippen molar-refractivity contribution in [3.8, 4) is 0 Å². The number of nitrogens with zero attached hydrogens (tertiary/aromatic N) is 3. The monoisotopic (exact) mass is 307 g/mol. The van der Waals surface area contributed by atoms with Gasteiger partial charge in [0.25, 0.3) is 5.56 Å². The lowest BCUT2D eigenvalue weighted by Crippen LogP contribution is -2.42. The third-order valence-corrected chi connectivity index (χ3v) is 4.81. The number of thiophene rings is 1. The highest BCUT2D eigenvalue weighted by Crippen LogP contribution is 2.24. The molecule has 2 aromatic heterocycles. The number of rotatable bonds is 3. The maximum atomic E-state index is 12.5. The Hall–Kier alpha value is -1.89. The van der Waals surface area contributed by atoms with Gasteiger partial charge in [-0.1, -0.05) is 0 Å². The van der Waals surface area contributed by atoms with Gasteiger partial charge in [-0.3, -0.25) is 14.2 Å². The number of carboxylic acids is 1. The van der Waals surface area contributed by atoms with Crippen molar-refractivity contribution in [1.82, 2.24) is 9.55 Å². The Kier molecular flexibility index (Phi) is 3.67. The van der Waals surface area contributed by atoms with Crippen LogP contribution in [-0.4, -0.2) is 33.7 Å². The molecule has 1 unspecified atom stereocenters. The van der Waals surface area contributed by atoms with Crippen molar-refractivity contribution in [2.24, 2.45) is 5.92 Å². The van der Waals surface area contributed by atoms with Gasteiger partial charge in [0.05, 0.1) is 11.4 Å². The van der Waals surface area contributed by atoms with Crippen molar-refractivity contribution in [2.45, 2.75) is 26.3 Å². The average Bonchev–Trinajstić information content (AvgIpc) is 2.96. The predicted molar refractivity (Wildman–Crippen MR) is 82.1 cm³/mol. The molecule has 7 heteroatoms. The summed E-state index contributed by atoms with van der Waals surface area (Å²) in [6.45, 7) is 3.59. The van der Waals surface area contributed by atoms with Gasteiger partial charge in [0.1, 0.15) is 4.70 Å². The molecule has 0 radical (unpaired) electrons. The Morgan fingerprint density at radius 3 is 3.10 bits per heavy atom. The molecule has 0 saturated carbocycles. The molecule has 0 aromatic carbocycles. The molecule has 0 aliphatic carbocycles. The van der Waals surface area contributed by atoms with E-state index in [9.17, 15) is 14.7 Å². The Balaban J connectivity index is 2.06. The quantitative estimate of drug-likeness (QED) is 0.935. The van der Waals surface area contributed by atoms with Crippen LogP contribution in [0.5, 0.6) is 0 Å². The zero-order valence-corrected chi connectivity index (χ0v) is 12.6. The largest absolute Gasteiger partial charge is 0.481 e. The molecule has 21 heavy (non-hydrogen) atoms. The van der Waals surface area contributed by atoms with Gasteiger partial charge >= 0.3 is 5.97 Å². The number of aromatic nitrogens is 2. The van der Waals surface area contributed by atoms with E-state index in [2.05, 4.69) is 4.98 Å². The maximum absolute atomic E-state index is 12.5. The third kappa shape index (κ3) is 2.42. The van der Waals surface area contributed by atoms with E-state index in [1.54, 1.807) is 4.57 Å². The third-order valence-electron chi connectivity index (χ3n) is 3.92. The predicted octanol–water partition coefficient (Wildman–Crippen LogP) is 1.78. The first kappa shape index (κ1) is 14.1. The highest BCUT2D eigenvalue weighted by atomic mass is 32.1. The molecule has 0 amide bonds. The summed E-state index contributed by atoms with van der Waals surface area (Å²) < 4.78 is 2.30. The molecular formula is C14H17N3O3S. The summed E-state index contributed by atoms with van der Waals surface area (Å²) in [5.74, 6) is -0.569. The highest BCUT2D eigenvalue weighted by Gasteiger charge is 2.28. The molecule has 0 spiro atoms. The van der Waals surface area contributed by atoms with Crippen molar-refractivity contribution >= 4 is 33.5 Å². The van der Waals surface area contributed by atoms with E-state index < -0.39 is 5.97 Å². The van der Waals surface area contributed by atoms with Gasteiger partial charge in [-0.2, -0.15) is 0 Å². The molecule has 0 bridgehead atoms. The second-order valence-electron chi connectivity index (χ2n) is 5.22. The molecule has 6 nitrogen and oxygen atoms in total. The Morgan fingerprint density at radius 1 is 1.57 bits per heavy atom. The number of aliphatic carboxylic acids is 1. The summed E-state index contributed by atoms with van der Waals surface area (Å²) in [6, 6.07) is 1.84. The number of hydrogen-bond acceptors (Lipinski definition) is 5. The van der Waals surface area contributed by atoms with Gasteiger partial charge in [-0.15, -0.1) is 11.3 Å². The summed E-state index contributed by atoms with van der Waals surface area (Å²) in [7, 11) is 0. The molecule has 2 aromatic rings. The van der Waals surface area contributed by atoms with E-state index in [4.69, 9.17) is 0 Å². The van der Waals surface area contributed by atoms with Crippen molar-refractivity contribution in [1.29, 1.82) is 0 Å². The average molecular weight is 307 g/mol. The molecule has 112 valence electrons. The van der Waals surface area contributed by atoms with Crippen LogP contribution in [0.15, 0.2) is 16.2 Å². The Bertz CT molecular complexity index is 737. The SMILES string of the molecule is CCn1c(N2CCCC(C(=O)O)C2)nc2ccsc2c1=O. The number of hydrogen-bond donors (Lipinski definition) is 1. The van der Waals surface area contributed by atoms with Gasteiger partial charge < -0.3 is 10.0 Å². The molecule has 1 saturated heterocycles. The van der Waals surface area contributed by atoms with Crippen molar-refractivity contribution in [2.75, 3.05) is 18.0 Å². The minimum Gasteiger partial charge on any atom is -0.481 e. The smallest absolute Gasteiger partial charge is 0.308 e. The van der Waals surface area contributed by atoms with Crippen LogP contribution < -0.4 is 10.5 Å². The first-order chi connectivity index (χ1) is 10.1. The minimum absolute atomic E-state index is 0.0371. The van der Waals surface area contributed by atoms with Crippen LogP contribution in [-0.2, 0) is 11.3 Å². The van der Waals surface area contributed by atoms with E-state index in [1.165, 1.54) is 11.3 Å². The van der Waals surface area contributed by atoms with Crippen molar-refractivity contribution in [3.05, 3.63) is 21.8 Å². The van der Waals surface area contributed by atoms with Gasteiger partial charge in [0.15, 0.2) is 0 Å². The zero-order chi connectivity index (χ0) is 15.0. The Morgan fingerprint density at radius 2 is 2.38 bits per heavy atom. The lowest BCUT2D eigenvalue weighted by Gasteiger charge is -2.32. The van der Waals surface area contributed by atoms with Gasteiger partial charge in [-0.05, 0) is 31.2 Å². The molecule has 3 heterocycles. The lowest BCUT2D eigenvalue weighted by atomic mass is 9.99. The molecule has 1 aliphatic heterocycles. The van der Waals surface area contributed by atoms with Crippen LogP contribution in [0.3, 0.4) is 0 Å². The molecular weight excluding hydrogens is 290 g/mol. The fraction of sp³-hybridized carbons (Fsp3) is 0.500. The van der Waals surface area contributed by atoms with Crippen LogP contribution in [0.2, 0.25) is 0 Å². The van der Waals surface area contributed by atoms with E-state index in [1.807, 2.05) is 23.3 Å². The van der Waals surface area contributed by atoms with Crippen LogP contribution in [0.1, 0.15) is 19.8 Å². The van der Waals surface area contributed by atoms with Crippen molar-refractivity contribution in [3.63, 3.8) is 0 Å². The van der Waals surface area contributed by atoms with E-state index in [0.717, 1.165) is 13.0 Å². The van der Waals surface area contributed by atoms with Crippen LogP contribution in [0.4, 0.5) is 5.95 Å². The van der Waals surface area contributed by atoms with E-state index in [-0.39, 0.29) is 11.5 Å². The zero-order valence-electron chi connectivity index (χ0n) is 11.8. The summed E-state index contributed by atoms with van der Waals surface area (Å²) in [4.78, 5) is 30.2. The normalized spacial score (nSPS) is 19.1. The second-order valence-corrected chi connectivity index (χ2v) is 6.14. The summed E-state index contributed by atoms with van der Waals surface area (Å²) in [5, 5.41) is 11.1. The van der Waals surface area contributed by atoms with E-state index in [0.29, 0.717) is 35.7 Å². The van der Waals surface area contributed by atoms with Crippen molar-refractivity contribution < 1.29 is 9.90 Å². The Labute approximate surface area is 125 Å². The standard InChI is InChI=1S/C14H17N3O3S/c1-2-17-12(18)11-10(5-7-21-11)15-14(17)16-6-3-4-9(8-16)13(19)20/h5,7,9H,2-4,6,8H2,1H3,(H,19,20). The molecule has 1 aliphatic rings. The van der Waals surface area contributed by atoms with Crippen LogP contribution in [0, 0.1) is 5.92 Å². The highest BCUT2D eigenvalue weighted by molar-refractivity contribution is 7.17. The molecule has 1 N–H and O–H groups in total. The van der Waals surface area contributed by atoms with Crippen LogP contribution >= 0.6 is 11.3 Å². The second kappa shape index (κ2) is 5.48. The van der Waals surface area contributed by atoms with Gasteiger partial charge in [0.2, 0.25) is 5.95 Å². The molecule has 1 atom stereocenters. The van der Waals surface area contributed by atoms with Gasteiger partial charge in [-0.25, -0.2) is 4.98 Å². The first-order valence-corrected chi connectivity index (χ1v) is 7.95. The number of carbonyl (C=O) groups is 1.